The predicted molar refractivity (Wildman–Crippen MR) is 71.3 cm³/mol. The Hall–Kier alpha value is -1.26. The van der Waals surface area contributed by atoms with Gasteiger partial charge in [-0.1, -0.05) is 12.1 Å². The zero-order valence-corrected chi connectivity index (χ0v) is 10.8. The van der Waals surface area contributed by atoms with Crippen molar-refractivity contribution in [1.29, 1.82) is 0 Å². The number of aryl methyl sites for hydroxylation is 1. The molecule has 2 N–H and O–H groups in total. The summed E-state index contributed by atoms with van der Waals surface area (Å²) in [7, 11) is 0. The molecule has 0 amide bonds. The van der Waals surface area contributed by atoms with Crippen LogP contribution in [0.1, 0.15) is 27.6 Å². The molecule has 0 saturated heterocycles. The van der Waals surface area contributed by atoms with E-state index in [1.54, 1.807) is 23.5 Å². The number of hydrogen-bond donors (Lipinski definition) is 1. The fourth-order valence-corrected chi connectivity index (χ4v) is 3.59. The van der Waals surface area contributed by atoms with Crippen LogP contribution < -0.4 is 5.73 Å². The third-order valence-electron chi connectivity index (χ3n) is 3.27. The second kappa shape index (κ2) is 4.78. The van der Waals surface area contributed by atoms with Gasteiger partial charge in [0.25, 0.3) is 0 Å². The molecule has 0 radical (unpaired) electrons. The number of aromatic nitrogens is 1. The maximum Gasteiger partial charge on any atom is 0.123 e. The molecule has 0 fully saturated rings. The van der Waals surface area contributed by atoms with E-state index in [0.717, 1.165) is 29.8 Å². The highest BCUT2D eigenvalue weighted by Gasteiger charge is 2.19. The molecule has 0 aliphatic heterocycles. The Morgan fingerprint density at radius 2 is 2.33 bits per heavy atom. The first-order chi connectivity index (χ1) is 8.70. The lowest BCUT2D eigenvalue weighted by Gasteiger charge is -2.15. The number of nitrogens with two attached hydrogens (primary N) is 1. The van der Waals surface area contributed by atoms with Gasteiger partial charge in [0, 0.05) is 17.3 Å². The number of thiazole rings is 1. The summed E-state index contributed by atoms with van der Waals surface area (Å²) >= 11 is 1.73. The van der Waals surface area contributed by atoms with E-state index in [2.05, 4.69) is 4.98 Å². The molecular weight excluding hydrogens is 247 g/mol. The molecule has 2 aromatic rings. The van der Waals surface area contributed by atoms with Crippen LogP contribution in [0.3, 0.4) is 0 Å². The minimum Gasteiger partial charge on any atom is -0.327 e. The van der Waals surface area contributed by atoms with Crippen LogP contribution in [-0.4, -0.2) is 11.0 Å². The SMILES string of the molecule is NC1CCc2nc(Cc3cccc(F)c3)sc2C1. The highest BCUT2D eigenvalue weighted by Crippen LogP contribution is 2.27. The molecule has 1 unspecified atom stereocenters. The van der Waals surface area contributed by atoms with Gasteiger partial charge < -0.3 is 5.73 Å². The summed E-state index contributed by atoms with van der Waals surface area (Å²) in [6.07, 6.45) is 3.66. The first-order valence-corrected chi connectivity index (χ1v) is 7.00. The maximum atomic E-state index is 13.1. The third kappa shape index (κ3) is 2.44. The maximum absolute atomic E-state index is 13.1. The second-order valence-corrected chi connectivity index (χ2v) is 5.96. The zero-order valence-electron chi connectivity index (χ0n) is 10.0. The molecule has 1 aromatic heterocycles. The van der Waals surface area contributed by atoms with Crippen molar-refractivity contribution >= 4 is 11.3 Å². The molecule has 18 heavy (non-hydrogen) atoms. The Bertz CT molecular complexity index is 565. The van der Waals surface area contributed by atoms with Gasteiger partial charge in [-0.2, -0.15) is 0 Å². The highest BCUT2D eigenvalue weighted by molar-refractivity contribution is 7.11. The van der Waals surface area contributed by atoms with E-state index in [9.17, 15) is 4.39 Å². The number of fused-ring (bicyclic) bond motifs is 1. The lowest BCUT2D eigenvalue weighted by atomic mass is 9.99. The molecule has 2 nitrogen and oxygen atoms in total. The Kier molecular flexibility index (Phi) is 3.14. The van der Waals surface area contributed by atoms with Gasteiger partial charge in [0.15, 0.2) is 0 Å². The van der Waals surface area contributed by atoms with Crippen molar-refractivity contribution in [2.45, 2.75) is 31.7 Å². The van der Waals surface area contributed by atoms with Gasteiger partial charge in [-0.25, -0.2) is 9.37 Å². The largest absolute Gasteiger partial charge is 0.327 e. The van der Waals surface area contributed by atoms with Crippen molar-refractivity contribution in [2.24, 2.45) is 5.73 Å². The van der Waals surface area contributed by atoms with Crippen LogP contribution >= 0.6 is 11.3 Å². The number of hydrogen-bond acceptors (Lipinski definition) is 3. The van der Waals surface area contributed by atoms with E-state index >= 15 is 0 Å². The van der Waals surface area contributed by atoms with Crippen molar-refractivity contribution in [1.82, 2.24) is 4.98 Å². The van der Waals surface area contributed by atoms with Crippen molar-refractivity contribution < 1.29 is 4.39 Å². The standard InChI is InChI=1S/C14H15FN2S/c15-10-3-1-2-9(6-10)7-14-17-12-5-4-11(16)8-13(12)18-14/h1-3,6,11H,4-5,7-8,16H2. The van der Waals surface area contributed by atoms with Gasteiger partial charge >= 0.3 is 0 Å². The first-order valence-electron chi connectivity index (χ1n) is 6.18. The molecular formula is C14H15FN2S. The smallest absolute Gasteiger partial charge is 0.123 e. The topological polar surface area (TPSA) is 38.9 Å². The summed E-state index contributed by atoms with van der Waals surface area (Å²) < 4.78 is 13.1. The zero-order chi connectivity index (χ0) is 12.5. The van der Waals surface area contributed by atoms with E-state index in [0.29, 0.717) is 6.42 Å². The minimum atomic E-state index is -0.184. The Morgan fingerprint density at radius 3 is 3.17 bits per heavy atom. The van der Waals surface area contributed by atoms with Crippen LogP contribution in [0.5, 0.6) is 0 Å². The molecule has 0 bridgehead atoms. The summed E-state index contributed by atoms with van der Waals surface area (Å²) in [5.74, 6) is -0.184. The van der Waals surface area contributed by atoms with Gasteiger partial charge in [-0.3, -0.25) is 0 Å². The summed E-state index contributed by atoms with van der Waals surface area (Å²) in [6.45, 7) is 0. The lowest BCUT2D eigenvalue weighted by molar-refractivity contribution is 0.575. The highest BCUT2D eigenvalue weighted by atomic mass is 32.1. The Morgan fingerprint density at radius 1 is 1.44 bits per heavy atom. The summed E-state index contributed by atoms with van der Waals surface area (Å²) in [4.78, 5) is 5.97. The van der Waals surface area contributed by atoms with Crippen LogP contribution in [0.25, 0.3) is 0 Å². The lowest BCUT2D eigenvalue weighted by Crippen LogP contribution is -2.26. The molecule has 1 aliphatic rings. The normalized spacial score (nSPS) is 18.7. The fourth-order valence-electron chi connectivity index (χ4n) is 2.35. The third-order valence-corrected chi connectivity index (χ3v) is 4.39. The molecule has 0 saturated carbocycles. The van der Waals surface area contributed by atoms with Crippen LogP contribution in [0.2, 0.25) is 0 Å². The molecule has 1 aliphatic carbocycles. The Labute approximate surface area is 110 Å². The number of nitrogens with zero attached hydrogens (tertiary/aromatic N) is 1. The minimum absolute atomic E-state index is 0.184. The van der Waals surface area contributed by atoms with E-state index in [-0.39, 0.29) is 11.9 Å². The van der Waals surface area contributed by atoms with Gasteiger partial charge in [-0.15, -0.1) is 11.3 Å². The average molecular weight is 262 g/mol. The van der Waals surface area contributed by atoms with E-state index in [1.807, 2.05) is 6.07 Å². The molecule has 1 atom stereocenters. The number of benzene rings is 1. The van der Waals surface area contributed by atoms with Gasteiger partial charge in [0.05, 0.1) is 10.7 Å². The van der Waals surface area contributed by atoms with Gasteiger partial charge in [0.1, 0.15) is 5.82 Å². The van der Waals surface area contributed by atoms with Crippen LogP contribution in [0.4, 0.5) is 4.39 Å². The van der Waals surface area contributed by atoms with Crippen molar-refractivity contribution in [3.8, 4) is 0 Å². The first kappa shape index (κ1) is 11.8. The van der Waals surface area contributed by atoms with E-state index in [1.165, 1.54) is 16.6 Å². The number of rotatable bonds is 2. The number of halogens is 1. The molecule has 3 rings (SSSR count). The summed E-state index contributed by atoms with van der Waals surface area (Å²) in [5.41, 5.74) is 8.14. The fraction of sp³-hybridized carbons (Fsp3) is 0.357. The molecule has 4 heteroatoms. The summed E-state index contributed by atoms with van der Waals surface area (Å²) in [5, 5.41) is 1.07. The van der Waals surface area contributed by atoms with Crippen LogP contribution in [0.15, 0.2) is 24.3 Å². The predicted octanol–water partition coefficient (Wildman–Crippen LogP) is 2.69. The monoisotopic (exact) mass is 262 g/mol. The second-order valence-electron chi connectivity index (χ2n) is 4.79. The average Bonchev–Trinajstić information content (AvgIpc) is 2.70. The molecule has 0 spiro atoms. The Balaban J connectivity index is 1.82. The molecule has 1 aromatic carbocycles. The van der Waals surface area contributed by atoms with Crippen molar-refractivity contribution in [2.75, 3.05) is 0 Å². The van der Waals surface area contributed by atoms with E-state index < -0.39 is 0 Å². The van der Waals surface area contributed by atoms with Gasteiger partial charge in [-0.05, 0) is 37.0 Å². The van der Waals surface area contributed by atoms with Crippen molar-refractivity contribution in [3.63, 3.8) is 0 Å². The quantitative estimate of drug-likeness (QED) is 0.903. The van der Waals surface area contributed by atoms with Crippen LogP contribution in [0, 0.1) is 5.82 Å². The molecule has 94 valence electrons. The summed E-state index contributed by atoms with van der Waals surface area (Å²) in [6, 6.07) is 7.00. The van der Waals surface area contributed by atoms with Gasteiger partial charge in [0.2, 0.25) is 0 Å². The van der Waals surface area contributed by atoms with Crippen LogP contribution in [-0.2, 0) is 19.3 Å². The molecule has 1 heterocycles. The van der Waals surface area contributed by atoms with Crippen molar-refractivity contribution in [3.05, 3.63) is 51.2 Å². The van der Waals surface area contributed by atoms with E-state index in [4.69, 9.17) is 5.73 Å².